The van der Waals surface area contributed by atoms with E-state index in [4.69, 9.17) is 0 Å². The number of nitrogens with one attached hydrogen (secondary N) is 2. The highest BCUT2D eigenvalue weighted by Gasteiger charge is 2.02. The molecule has 0 radical (unpaired) electrons. The second-order valence-corrected chi connectivity index (χ2v) is 1.56. The Labute approximate surface area is 56.4 Å². The van der Waals surface area contributed by atoms with Crippen LogP contribution in [-0.4, -0.2) is 22.5 Å². The van der Waals surface area contributed by atoms with E-state index in [1.54, 1.807) is 0 Å². The largest absolute Gasteiger partial charge is 0.294 e. The van der Waals surface area contributed by atoms with Crippen molar-refractivity contribution in [2.75, 3.05) is 0 Å². The van der Waals surface area contributed by atoms with Gasteiger partial charge >= 0.3 is 0 Å². The predicted octanol–water partition coefficient (Wildman–Crippen LogP) is -0.704. The quantitative estimate of drug-likeness (QED) is 0.532. The van der Waals surface area contributed by atoms with Gasteiger partial charge in [-0.1, -0.05) is 0 Å². The Bertz CT molecular complexity index is 229. The maximum absolute atomic E-state index is 10.7. The van der Waals surface area contributed by atoms with Gasteiger partial charge in [0.1, 0.15) is 5.69 Å². The number of nitrogens with zero attached hydrogens (tertiary/aromatic N) is 1. The number of H-pyrrole nitrogens is 1. The minimum absolute atomic E-state index is 0.270. The normalized spacial score (nSPS) is 8.80. The average molecular weight is 139 g/mol. The third kappa shape index (κ3) is 1.19. The summed E-state index contributed by atoms with van der Waals surface area (Å²) in [7, 11) is 0. The Morgan fingerprint density at radius 2 is 2.60 bits per heavy atom. The summed E-state index contributed by atoms with van der Waals surface area (Å²) >= 11 is 0. The fraction of sp³-hybridized carbons (Fsp3) is 0. The molecule has 2 N–H and O–H groups in total. The fourth-order valence-electron chi connectivity index (χ4n) is 0.514. The lowest BCUT2D eigenvalue weighted by molar-refractivity contribution is -0.108. The molecule has 0 atom stereocenters. The van der Waals surface area contributed by atoms with Gasteiger partial charge in [-0.3, -0.25) is 20.0 Å². The van der Waals surface area contributed by atoms with E-state index < -0.39 is 5.91 Å². The second-order valence-electron chi connectivity index (χ2n) is 1.56. The van der Waals surface area contributed by atoms with E-state index in [9.17, 15) is 9.59 Å². The molecule has 0 aromatic carbocycles. The van der Waals surface area contributed by atoms with Crippen LogP contribution >= 0.6 is 0 Å². The number of carbonyl (C=O) groups excluding carboxylic acids is 2. The highest BCUT2D eigenvalue weighted by atomic mass is 16.2. The monoisotopic (exact) mass is 139 g/mol. The van der Waals surface area contributed by atoms with Gasteiger partial charge in [0.15, 0.2) is 0 Å². The third-order valence-electron chi connectivity index (χ3n) is 0.935. The first kappa shape index (κ1) is 6.47. The number of carbonyl (C=O) groups is 2. The maximum atomic E-state index is 10.7. The number of hydrogen-bond donors (Lipinski definition) is 2. The van der Waals surface area contributed by atoms with Crippen molar-refractivity contribution in [2.45, 2.75) is 0 Å². The van der Waals surface area contributed by atoms with E-state index in [2.05, 4.69) is 10.2 Å². The van der Waals surface area contributed by atoms with Gasteiger partial charge in [-0.15, -0.1) is 0 Å². The zero-order chi connectivity index (χ0) is 7.40. The molecular formula is C5H5N3O2. The molecule has 0 spiro atoms. The number of hydrogen-bond acceptors (Lipinski definition) is 3. The molecule has 0 bridgehead atoms. The van der Waals surface area contributed by atoms with Crippen molar-refractivity contribution in [2.24, 2.45) is 0 Å². The smallest absolute Gasteiger partial charge is 0.275 e. The van der Waals surface area contributed by atoms with Gasteiger partial charge < -0.3 is 0 Å². The van der Waals surface area contributed by atoms with Gasteiger partial charge in [-0.2, -0.15) is 5.10 Å². The van der Waals surface area contributed by atoms with Gasteiger partial charge in [-0.05, 0) is 6.07 Å². The van der Waals surface area contributed by atoms with Crippen LogP contribution in [0.25, 0.3) is 0 Å². The van der Waals surface area contributed by atoms with Crippen LogP contribution < -0.4 is 5.32 Å². The number of rotatable bonds is 2. The molecule has 1 rings (SSSR count). The molecule has 1 aromatic rings. The molecule has 5 heteroatoms. The molecular weight excluding hydrogens is 134 g/mol. The fourth-order valence-corrected chi connectivity index (χ4v) is 0.514. The summed E-state index contributed by atoms with van der Waals surface area (Å²) in [5, 5.41) is 7.88. The summed E-state index contributed by atoms with van der Waals surface area (Å²) in [5.74, 6) is -0.479. The molecule has 0 saturated carbocycles. The molecule has 1 heterocycles. The Morgan fingerprint density at radius 1 is 1.80 bits per heavy atom. The topological polar surface area (TPSA) is 74.8 Å². The SMILES string of the molecule is O=CNC(=O)c1ccn[nH]1. The van der Waals surface area contributed by atoms with Crippen LogP contribution in [0.2, 0.25) is 0 Å². The van der Waals surface area contributed by atoms with Crippen LogP contribution in [-0.2, 0) is 4.79 Å². The van der Waals surface area contributed by atoms with Crippen LogP contribution in [0, 0.1) is 0 Å². The minimum Gasteiger partial charge on any atom is -0.294 e. The van der Waals surface area contributed by atoms with Crippen LogP contribution in [0.3, 0.4) is 0 Å². The van der Waals surface area contributed by atoms with E-state index in [1.807, 2.05) is 5.32 Å². The summed E-state index contributed by atoms with van der Waals surface area (Å²) in [5.41, 5.74) is 0.270. The molecule has 0 fully saturated rings. The maximum Gasteiger partial charge on any atom is 0.275 e. The number of aromatic amines is 1. The van der Waals surface area contributed by atoms with Crippen molar-refractivity contribution in [1.29, 1.82) is 0 Å². The summed E-state index contributed by atoms with van der Waals surface area (Å²) in [6.07, 6.45) is 1.75. The van der Waals surface area contributed by atoms with Crippen molar-refractivity contribution in [1.82, 2.24) is 15.5 Å². The highest BCUT2D eigenvalue weighted by Crippen LogP contribution is 1.88. The Kier molecular flexibility index (Phi) is 1.79. The number of aromatic nitrogens is 2. The first-order valence-corrected chi connectivity index (χ1v) is 2.58. The van der Waals surface area contributed by atoms with Crippen LogP contribution in [0.15, 0.2) is 12.3 Å². The standard InChI is InChI=1S/C5H5N3O2/c9-3-6-5(10)4-1-2-7-8-4/h1-3H,(H,7,8)(H,6,9,10). The van der Waals surface area contributed by atoms with Gasteiger partial charge in [0.25, 0.3) is 5.91 Å². The molecule has 0 aliphatic heterocycles. The lowest BCUT2D eigenvalue weighted by Gasteiger charge is -1.89. The van der Waals surface area contributed by atoms with Crippen molar-refractivity contribution in [3.8, 4) is 0 Å². The Hall–Kier alpha value is -1.65. The summed E-state index contributed by atoms with van der Waals surface area (Å²) in [6, 6.07) is 1.47. The van der Waals surface area contributed by atoms with Gasteiger partial charge in [0.2, 0.25) is 6.41 Å². The lowest BCUT2D eigenvalue weighted by Crippen LogP contribution is -2.21. The van der Waals surface area contributed by atoms with E-state index in [0.717, 1.165) is 0 Å². The van der Waals surface area contributed by atoms with Crippen LogP contribution in [0.4, 0.5) is 0 Å². The summed E-state index contributed by atoms with van der Waals surface area (Å²) < 4.78 is 0. The molecule has 1 aromatic heterocycles. The molecule has 52 valence electrons. The van der Waals surface area contributed by atoms with E-state index in [0.29, 0.717) is 6.41 Å². The number of imide groups is 1. The predicted molar refractivity (Wildman–Crippen MR) is 32.1 cm³/mol. The molecule has 2 amide bonds. The molecule has 0 unspecified atom stereocenters. The van der Waals surface area contributed by atoms with Gasteiger partial charge in [0.05, 0.1) is 0 Å². The molecule has 5 nitrogen and oxygen atoms in total. The molecule has 0 aliphatic rings. The zero-order valence-electron chi connectivity index (χ0n) is 5.00. The van der Waals surface area contributed by atoms with E-state index in [-0.39, 0.29) is 5.69 Å². The zero-order valence-corrected chi connectivity index (χ0v) is 5.00. The van der Waals surface area contributed by atoms with Gasteiger partial charge in [0, 0.05) is 6.20 Å². The van der Waals surface area contributed by atoms with Gasteiger partial charge in [-0.25, -0.2) is 0 Å². The Morgan fingerprint density at radius 3 is 3.10 bits per heavy atom. The minimum atomic E-state index is -0.479. The van der Waals surface area contributed by atoms with Crippen molar-refractivity contribution >= 4 is 12.3 Å². The highest BCUT2D eigenvalue weighted by molar-refractivity contribution is 5.98. The van der Waals surface area contributed by atoms with Crippen LogP contribution in [0.1, 0.15) is 10.5 Å². The van der Waals surface area contributed by atoms with Crippen molar-refractivity contribution in [3.63, 3.8) is 0 Å². The second kappa shape index (κ2) is 2.77. The summed E-state index contributed by atoms with van der Waals surface area (Å²) in [6.45, 7) is 0. The molecule has 10 heavy (non-hydrogen) atoms. The van der Waals surface area contributed by atoms with Crippen molar-refractivity contribution in [3.05, 3.63) is 18.0 Å². The lowest BCUT2D eigenvalue weighted by atomic mass is 10.4. The summed E-state index contributed by atoms with van der Waals surface area (Å²) in [4.78, 5) is 20.4. The first-order valence-electron chi connectivity index (χ1n) is 2.58. The number of amides is 2. The van der Waals surface area contributed by atoms with E-state index >= 15 is 0 Å². The molecule has 0 aliphatic carbocycles. The first-order chi connectivity index (χ1) is 4.84. The van der Waals surface area contributed by atoms with Crippen LogP contribution in [0.5, 0.6) is 0 Å². The average Bonchev–Trinajstić information content (AvgIpc) is 2.38. The third-order valence-corrected chi connectivity index (χ3v) is 0.935. The van der Waals surface area contributed by atoms with Crippen molar-refractivity contribution < 1.29 is 9.59 Å². The van der Waals surface area contributed by atoms with E-state index in [1.165, 1.54) is 12.3 Å². The molecule has 0 saturated heterocycles. The Balaban J connectivity index is 2.68.